The van der Waals surface area contributed by atoms with E-state index in [9.17, 15) is 9.59 Å². The first-order valence-corrected chi connectivity index (χ1v) is 8.95. The molecule has 2 aromatic rings. The zero-order valence-corrected chi connectivity index (χ0v) is 15.4. The topological polar surface area (TPSA) is 88.7 Å². The van der Waals surface area contributed by atoms with E-state index < -0.39 is 0 Å². The molecule has 0 unspecified atom stereocenters. The number of amides is 2. The van der Waals surface area contributed by atoms with Gasteiger partial charge in [0.25, 0.3) is 11.8 Å². The van der Waals surface area contributed by atoms with E-state index in [0.29, 0.717) is 30.2 Å². The van der Waals surface area contributed by atoms with E-state index >= 15 is 0 Å². The van der Waals surface area contributed by atoms with E-state index in [0.717, 1.165) is 11.3 Å². The van der Waals surface area contributed by atoms with Gasteiger partial charge >= 0.3 is 0 Å². The molecule has 0 fully saturated rings. The van der Waals surface area contributed by atoms with E-state index in [4.69, 9.17) is 9.47 Å². The Kier molecular flexibility index (Phi) is 5.80. The molecule has 0 saturated heterocycles. The molecule has 1 aliphatic rings. The van der Waals surface area contributed by atoms with Crippen LogP contribution in [0.2, 0.25) is 0 Å². The van der Waals surface area contributed by atoms with Crippen molar-refractivity contribution in [2.75, 3.05) is 25.1 Å². The number of hydrogen-bond acceptors (Lipinski definition) is 5. The molecule has 1 heterocycles. The van der Waals surface area contributed by atoms with Gasteiger partial charge in [-0.1, -0.05) is 18.2 Å². The third-order valence-electron chi connectivity index (χ3n) is 4.08. The zero-order valence-electron chi connectivity index (χ0n) is 15.4. The van der Waals surface area contributed by atoms with Gasteiger partial charge < -0.3 is 25.4 Å². The van der Waals surface area contributed by atoms with Crippen molar-refractivity contribution in [3.8, 4) is 11.5 Å². The van der Waals surface area contributed by atoms with Crippen LogP contribution < -0.4 is 25.4 Å². The van der Waals surface area contributed by atoms with Gasteiger partial charge in [0.1, 0.15) is 6.17 Å². The number of fused-ring (bicyclic) bond motifs is 1. The smallest absolute Gasteiger partial charge is 0.257 e. The summed E-state index contributed by atoms with van der Waals surface area (Å²) in [5.41, 5.74) is 2.22. The second-order valence-electron chi connectivity index (χ2n) is 5.98. The van der Waals surface area contributed by atoms with Gasteiger partial charge in [0, 0.05) is 12.2 Å². The first kappa shape index (κ1) is 18.6. The number of para-hydroxylation sites is 1. The lowest BCUT2D eigenvalue weighted by atomic mass is 10.1. The summed E-state index contributed by atoms with van der Waals surface area (Å²) in [4.78, 5) is 24.0. The first-order valence-electron chi connectivity index (χ1n) is 8.95. The van der Waals surface area contributed by atoms with Crippen molar-refractivity contribution < 1.29 is 19.1 Å². The SMILES string of the molecule is CCNC(=O)COc1ccc([C@@H]2NC(=O)c3ccccc3N2)cc1OCC. The fraction of sp³-hybridized carbons (Fsp3) is 0.300. The van der Waals surface area contributed by atoms with Crippen LogP contribution in [0, 0.1) is 0 Å². The molecule has 0 spiro atoms. The number of carbonyl (C=O) groups excluding carboxylic acids is 2. The van der Waals surface area contributed by atoms with Gasteiger partial charge in [0.05, 0.1) is 12.2 Å². The number of ether oxygens (including phenoxy) is 2. The summed E-state index contributed by atoms with van der Waals surface area (Å²) in [7, 11) is 0. The van der Waals surface area contributed by atoms with E-state index in [2.05, 4.69) is 16.0 Å². The minimum atomic E-state index is -0.385. The standard InChI is InChI=1S/C20H23N3O4/c1-3-21-18(24)12-27-16-10-9-13(11-17(16)26-4-2)19-22-15-8-6-5-7-14(15)20(25)23-19/h5-11,19,22H,3-4,12H2,1-2H3,(H,21,24)(H,23,25)/t19-/m0/s1. The molecule has 1 aliphatic heterocycles. The van der Waals surface area contributed by atoms with Crippen molar-refractivity contribution in [1.29, 1.82) is 0 Å². The van der Waals surface area contributed by atoms with Crippen molar-refractivity contribution in [3.05, 3.63) is 53.6 Å². The molecule has 0 bridgehead atoms. The Hall–Kier alpha value is -3.22. The predicted octanol–water partition coefficient (Wildman–Crippen LogP) is 2.45. The molecular weight excluding hydrogens is 346 g/mol. The summed E-state index contributed by atoms with van der Waals surface area (Å²) in [6, 6.07) is 12.7. The minimum Gasteiger partial charge on any atom is -0.490 e. The number of hydrogen-bond donors (Lipinski definition) is 3. The van der Waals surface area contributed by atoms with Gasteiger partial charge in [-0.2, -0.15) is 0 Å². The summed E-state index contributed by atoms with van der Waals surface area (Å²) in [5.74, 6) is 0.675. The van der Waals surface area contributed by atoms with Crippen molar-refractivity contribution in [1.82, 2.24) is 10.6 Å². The highest BCUT2D eigenvalue weighted by molar-refractivity contribution is 6.01. The summed E-state index contributed by atoms with van der Waals surface area (Å²) < 4.78 is 11.2. The van der Waals surface area contributed by atoms with Gasteiger partial charge in [-0.05, 0) is 43.7 Å². The number of carbonyl (C=O) groups is 2. The molecule has 27 heavy (non-hydrogen) atoms. The average Bonchev–Trinajstić information content (AvgIpc) is 2.67. The summed E-state index contributed by atoms with van der Waals surface area (Å²) in [6.07, 6.45) is -0.385. The lowest BCUT2D eigenvalue weighted by Crippen LogP contribution is -2.38. The van der Waals surface area contributed by atoms with Crippen molar-refractivity contribution >= 4 is 17.5 Å². The lowest BCUT2D eigenvalue weighted by Gasteiger charge is -2.28. The van der Waals surface area contributed by atoms with Crippen LogP contribution in [0.4, 0.5) is 5.69 Å². The molecule has 0 aromatic heterocycles. The van der Waals surface area contributed by atoms with Crippen LogP contribution in [0.5, 0.6) is 11.5 Å². The Morgan fingerprint density at radius 1 is 1.07 bits per heavy atom. The largest absolute Gasteiger partial charge is 0.490 e. The fourth-order valence-electron chi connectivity index (χ4n) is 2.86. The van der Waals surface area contributed by atoms with Crippen LogP contribution in [-0.4, -0.2) is 31.6 Å². The quantitative estimate of drug-likeness (QED) is 0.698. The molecule has 1 atom stereocenters. The van der Waals surface area contributed by atoms with Crippen molar-refractivity contribution in [3.63, 3.8) is 0 Å². The van der Waals surface area contributed by atoms with Crippen LogP contribution in [-0.2, 0) is 4.79 Å². The molecular formula is C20H23N3O4. The predicted molar refractivity (Wildman–Crippen MR) is 102 cm³/mol. The molecule has 0 saturated carbocycles. The Labute approximate surface area is 158 Å². The van der Waals surface area contributed by atoms with Crippen molar-refractivity contribution in [2.24, 2.45) is 0 Å². The first-order chi connectivity index (χ1) is 13.1. The van der Waals surface area contributed by atoms with Gasteiger partial charge in [0.15, 0.2) is 18.1 Å². The Bertz CT molecular complexity index is 838. The highest BCUT2D eigenvalue weighted by Gasteiger charge is 2.25. The third kappa shape index (κ3) is 4.31. The second-order valence-corrected chi connectivity index (χ2v) is 5.98. The Morgan fingerprint density at radius 2 is 1.89 bits per heavy atom. The zero-order chi connectivity index (χ0) is 19.2. The van der Waals surface area contributed by atoms with Crippen LogP contribution in [0.25, 0.3) is 0 Å². The average molecular weight is 369 g/mol. The molecule has 7 heteroatoms. The molecule has 142 valence electrons. The second kappa shape index (κ2) is 8.44. The third-order valence-corrected chi connectivity index (χ3v) is 4.08. The number of benzene rings is 2. The Morgan fingerprint density at radius 3 is 2.67 bits per heavy atom. The summed E-state index contributed by atoms with van der Waals surface area (Å²) in [5, 5.41) is 8.92. The molecule has 0 radical (unpaired) electrons. The van der Waals surface area contributed by atoms with E-state index in [1.165, 1.54) is 0 Å². The minimum absolute atomic E-state index is 0.0843. The maximum absolute atomic E-state index is 12.3. The molecule has 3 rings (SSSR count). The van der Waals surface area contributed by atoms with E-state index in [1.807, 2.05) is 44.2 Å². The fourth-order valence-corrected chi connectivity index (χ4v) is 2.86. The van der Waals surface area contributed by atoms with Gasteiger partial charge in [0.2, 0.25) is 0 Å². The highest BCUT2D eigenvalue weighted by Crippen LogP contribution is 2.33. The number of likely N-dealkylation sites (N-methyl/N-ethyl adjacent to an activating group) is 1. The molecule has 2 aromatic carbocycles. The number of nitrogens with one attached hydrogen (secondary N) is 3. The van der Waals surface area contributed by atoms with E-state index in [1.54, 1.807) is 12.1 Å². The molecule has 0 aliphatic carbocycles. The van der Waals surface area contributed by atoms with Crippen molar-refractivity contribution in [2.45, 2.75) is 20.0 Å². The van der Waals surface area contributed by atoms with E-state index in [-0.39, 0.29) is 24.6 Å². The monoisotopic (exact) mass is 369 g/mol. The van der Waals surface area contributed by atoms with Crippen LogP contribution in [0.3, 0.4) is 0 Å². The summed E-state index contributed by atoms with van der Waals surface area (Å²) in [6.45, 7) is 4.64. The van der Waals surface area contributed by atoms with Crippen LogP contribution in [0.15, 0.2) is 42.5 Å². The van der Waals surface area contributed by atoms with Gasteiger partial charge in [-0.3, -0.25) is 9.59 Å². The maximum Gasteiger partial charge on any atom is 0.257 e. The molecule has 7 nitrogen and oxygen atoms in total. The highest BCUT2D eigenvalue weighted by atomic mass is 16.5. The van der Waals surface area contributed by atoms with Gasteiger partial charge in [-0.25, -0.2) is 0 Å². The Balaban J connectivity index is 1.80. The van der Waals surface area contributed by atoms with Gasteiger partial charge in [-0.15, -0.1) is 0 Å². The maximum atomic E-state index is 12.3. The normalized spacial score (nSPS) is 15.2. The number of anilines is 1. The van der Waals surface area contributed by atoms with Crippen LogP contribution >= 0.6 is 0 Å². The molecule has 2 amide bonds. The number of rotatable bonds is 7. The summed E-state index contributed by atoms with van der Waals surface area (Å²) >= 11 is 0. The van der Waals surface area contributed by atoms with Crippen LogP contribution in [0.1, 0.15) is 35.9 Å². The lowest BCUT2D eigenvalue weighted by molar-refractivity contribution is -0.123. The molecule has 3 N–H and O–H groups in total.